The van der Waals surface area contributed by atoms with Crippen LogP contribution in [0, 0.1) is 0 Å². The third-order valence-corrected chi connectivity index (χ3v) is 2.77. The van der Waals surface area contributed by atoms with Crippen molar-refractivity contribution in [3.8, 4) is 0 Å². The summed E-state index contributed by atoms with van der Waals surface area (Å²) in [6.45, 7) is 3.16. The summed E-state index contributed by atoms with van der Waals surface area (Å²) in [6, 6.07) is 7.36. The Balaban J connectivity index is 2.67. The molecule has 1 rings (SSSR count). The molecule has 110 valence electrons. The van der Waals surface area contributed by atoms with Crippen LogP contribution in [0.1, 0.15) is 18.9 Å². The Hall–Kier alpha value is -2.08. The minimum Gasteiger partial charge on any atom is -0.398 e. The van der Waals surface area contributed by atoms with E-state index in [0.717, 1.165) is 12.0 Å². The molecular formula is C14H22N4O2. The Morgan fingerprint density at radius 1 is 1.25 bits per heavy atom. The molecule has 0 aromatic heterocycles. The number of nitrogens with one attached hydrogen (secondary N) is 1. The van der Waals surface area contributed by atoms with Gasteiger partial charge in [-0.15, -0.1) is 0 Å². The van der Waals surface area contributed by atoms with Crippen molar-refractivity contribution >= 4 is 17.5 Å². The lowest BCUT2D eigenvalue weighted by Crippen LogP contribution is -2.41. The van der Waals surface area contributed by atoms with E-state index in [9.17, 15) is 9.59 Å². The number of carbonyl (C=O) groups excluding carboxylic acids is 2. The number of para-hydroxylation sites is 1. The predicted octanol–water partition coefficient (Wildman–Crippen LogP) is 0.0823. The Kier molecular flexibility index (Phi) is 6.52. The average Bonchev–Trinajstić information content (AvgIpc) is 2.38. The van der Waals surface area contributed by atoms with Gasteiger partial charge in [0.15, 0.2) is 0 Å². The van der Waals surface area contributed by atoms with Gasteiger partial charge in [-0.2, -0.15) is 0 Å². The fourth-order valence-electron chi connectivity index (χ4n) is 1.83. The topological polar surface area (TPSA) is 101 Å². The van der Waals surface area contributed by atoms with E-state index in [2.05, 4.69) is 5.32 Å². The highest BCUT2D eigenvalue weighted by Crippen LogP contribution is 2.13. The van der Waals surface area contributed by atoms with Crippen molar-refractivity contribution in [2.75, 3.05) is 25.4 Å². The molecule has 0 atom stereocenters. The van der Waals surface area contributed by atoms with Gasteiger partial charge < -0.3 is 16.8 Å². The van der Waals surface area contributed by atoms with Crippen LogP contribution in [0.25, 0.3) is 0 Å². The molecule has 0 radical (unpaired) electrons. The van der Waals surface area contributed by atoms with Crippen molar-refractivity contribution < 1.29 is 9.59 Å². The van der Waals surface area contributed by atoms with Crippen LogP contribution in [0.4, 0.5) is 5.69 Å². The van der Waals surface area contributed by atoms with Gasteiger partial charge in [0.25, 0.3) is 0 Å². The number of hydrogen-bond donors (Lipinski definition) is 3. The molecule has 0 bridgehead atoms. The molecule has 0 spiro atoms. The highest BCUT2D eigenvalue weighted by molar-refractivity contribution is 5.80. The van der Waals surface area contributed by atoms with E-state index >= 15 is 0 Å². The molecule has 6 heteroatoms. The van der Waals surface area contributed by atoms with Gasteiger partial charge >= 0.3 is 0 Å². The molecule has 0 aliphatic rings. The van der Waals surface area contributed by atoms with Crippen molar-refractivity contribution in [2.24, 2.45) is 5.73 Å². The second kappa shape index (κ2) is 8.16. The molecule has 1 aromatic rings. The summed E-state index contributed by atoms with van der Waals surface area (Å²) in [5, 5.41) is 2.77. The van der Waals surface area contributed by atoms with Crippen LogP contribution in [0.15, 0.2) is 24.3 Å². The van der Waals surface area contributed by atoms with E-state index in [1.165, 1.54) is 0 Å². The smallest absolute Gasteiger partial charge is 0.234 e. The maximum atomic E-state index is 11.7. The molecule has 0 saturated carbocycles. The fraction of sp³-hybridized carbons (Fsp3) is 0.429. The van der Waals surface area contributed by atoms with Crippen LogP contribution in [0.2, 0.25) is 0 Å². The summed E-state index contributed by atoms with van der Waals surface area (Å²) in [7, 11) is 0. The van der Waals surface area contributed by atoms with Gasteiger partial charge in [0.2, 0.25) is 11.8 Å². The Morgan fingerprint density at radius 2 is 1.95 bits per heavy atom. The fourth-order valence-corrected chi connectivity index (χ4v) is 1.83. The molecule has 2 amide bonds. The van der Waals surface area contributed by atoms with Gasteiger partial charge in [0, 0.05) is 18.8 Å². The summed E-state index contributed by atoms with van der Waals surface area (Å²) in [4.78, 5) is 24.5. The van der Waals surface area contributed by atoms with Gasteiger partial charge in [0.1, 0.15) is 0 Å². The first-order valence-electron chi connectivity index (χ1n) is 6.63. The van der Waals surface area contributed by atoms with Crippen molar-refractivity contribution in [1.82, 2.24) is 10.2 Å². The van der Waals surface area contributed by atoms with Gasteiger partial charge in [-0.05, 0) is 18.1 Å². The third-order valence-electron chi connectivity index (χ3n) is 2.77. The van der Waals surface area contributed by atoms with Crippen LogP contribution in [-0.2, 0) is 16.1 Å². The average molecular weight is 278 g/mol. The van der Waals surface area contributed by atoms with E-state index in [4.69, 9.17) is 11.5 Å². The number of primary amides is 1. The standard InChI is InChI=1S/C14H22N4O2/c1-2-7-17-14(20)10-18(9-13(16)19)8-11-5-3-4-6-12(11)15/h3-6H,2,7-10,15H2,1H3,(H2,16,19)(H,17,20). The maximum Gasteiger partial charge on any atom is 0.234 e. The molecule has 0 fully saturated rings. The van der Waals surface area contributed by atoms with Crippen molar-refractivity contribution in [3.63, 3.8) is 0 Å². The summed E-state index contributed by atoms with van der Waals surface area (Å²) >= 11 is 0. The minimum atomic E-state index is -0.470. The molecule has 6 nitrogen and oxygen atoms in total. The zero-order valence-corrected chi connectivity index (χ0v) is 11.8. The summed E-state index contributed by atoms with van der Waals surface area (Å²) in [5.41, 5.74) is 12.6. The van der Waals surface area contributed by atoms with Crippen LogP contribution in [0.5, 0.6) is 0 Å². The first kappa shape index (κ1) is 16.0. The maximum absolute atomic E-state index is 11.7. The van der Waals surface area contributed by atoms with Crippen molar-refractivity contribution in [2.45, 2.75) is 19.9 Å². The number of nitrogen functional groups attached to an aromatic ring is 1. The van der Waals surface area contributed by atoms with Gasteiger partial charge in [-0.25, -0.2) is 0 Å². The summed E-state index contributed by atoms with van der Waals surface area (Å²) < 4.78 is 0. The molecule has 0 heterocycles. The third kappa shape index (κ3) is 5.71. The number of nitrogens with two attached hydrogens (primary N) is 2. The van der Waals surface area contributed by atoms with Crippen LogP contribution >= 0.6 is 0 Å². The van der Waals surface area contributed by atoms with Crippen LogP contribution in [0.3, 0.4) is 0 Å². The molecule has 0 aliphatic heterocycles. The number of nitrogens with zero attached hydrogens (tertiary/aromatic N) is 1. The molecule has 5 N–H and O–H groups in total. The SMILES string of the molecule is CCCNC(=O)CN(CC(N)=O)Cc1ccccc1N. The van der Waals surface area contributed by atoms with Gasteiger partial charge in [0.05, 0.1) is 13.1 Å². The van der Waals surface area contributed by atoms with E-state index in [1.807, 2.05) is 25.1 Å². The lowest BCUT2D eigenvalue weighted by atomic mass is 10.1. The van der Waals surface area contributed by atoms with E-state index in [0.29, 0.717) is 18.8 Å². The van der Waals surface area contributed by atoms with Crippen LogP contribution < -0.4 is 16.8 Å². The lowest BCUT2D eigenvalue weighted by Gasteiger charge is -2.21. The second-order valence-corrected chi connectivity index (χ2v) is 4.66. The lowest BCUT2D eigenvalue weighted by molar-refractivity contribution is -0.124. The van der Waals surface area contributed by atoms with E-state index in [1.54, 1.807) is 11.0 Å². The van der Waals surface area contributed by atoms with Crippen molar-refractivity contribution in [1.29, 1.82) is 0 Å². The molecule has 0 saturated heterocycles. The molecule has 0 unspecified atom stereocenters. The first-order valence-corrected chi connectivity index (χ1v) is 6.63. The summed E-state index contributed by atoms with van der Waals surface area (Å²) in [6.07, 6.45) is 0.868. The minimum absolute atomic E-state index is 0.0217. The molecular weight excluding hydrogens is 256 g/mol. The second-order valence-electron chi connectivity index (χ2n) is 4.66. The first-order chi connectivity index (χ1) is 9.52. The van der Waals surface area contributed by atoms with Crippen molar-refractivity contribution in [3.05, 3.63) is 29.8 Å². The van der Waals surface area contributed by atoms with E-state index < -0.39 is 5.91 Å². The largest absolute Gasteiger partial charge is 0.398 e. The highest BCUT2D eigenvalue weighted by atomic mass is 16.2. The number of carbonyl (C=O) groups is 2. The number of anilines is 1. The summed E-state index contributed by atoms with van der Waals surface area (Å²) in [5.74, 6) is -0.592. The molecule has 1 aromatic carbocycles. The molecule has 0 aliphatic carbocycles. The van der Waals surface area contributed by atoms with Crippen LogP contribution in [-0.4, -0.2) is 36.3 Å². The van der Waals surface area contributed by atoms with E-state index in [-0.39, 0.29) is 19.0 Å². The zero-order valence-electron chi connectivity index (χ0n) is 11.8. The molecule has 20 heavy (non-hydrogen) atoms. The quantitative estimate of drug-likeness (QED) is 0.586. The normalized spacial score (nSPS) is 10.5. The van der Waals surface area contributed by atoms with Gasteiger partial charge in [-0.1, -0.05) is 25.1 Å². The highest BCUT2D eigenvalue weighted by Gasteiger charge is 2.14. The predicted molar refractivity (Wildman–Crippen MR) is 78.6 cm³/mol. The number of rotatable bonds is 8. The zero-order chi connectivity index (χ0) is 15.0. The Labute approximate surface area is 119 Å². The Morgan fingerprint density at radius 3 is 2.55 bits per heavy atom. The number of hydrogen-bond acceptors (Lipinski definition) is 4. The number of amides is 2. The monoisotopic (exact) mass is 278 g/mol. The van der Waals surface area contributed by atoms with Gasteiger partial charge in [-0.3, -0.25) is 14.5 Å². The number of benzene rings is 1. The Bertz CT molecular complexity index is 462.